The van der Waals surface area contributed by atoms with Crippen LogP contribution in [0.4, 0.5) is 0 Å². The highest BCUT2D eigenvalue weighted by Gasteiger charge is 2.69. The lowest BCUT2D eigenvalue weighted by atomic mass is 9.57. The van der Waals surface area contributed by atoms with Gasteiger partial charge in [-0.1, -0.05) is 6.92 Å². The van der Waals surface area contributed by atoms with Crippen LogP contribution >= 0.6 is 0 Å². The quantitative estimate of drug-likeness (QED) is 0.517. The predicted octanol–water partition coefficient (Wildman–Crippen LogP) is 2.02. The van der Waals surface area contributed by atoms with Gasteiger partial charge in [-0.15, -0.1) is 0 Å². The van der Waals surface area contributed by atoms with Gasteiger partial charge in [0.2, 0.25) is 0 Å². The molecule has 0 aromatic heterocycles. The van der Waals surface area contributed by atoms with Crippen LogP contribution in [0.15, 0.2) is 11.8 Å². The molecule has 3 fully saturated rings. The fourth-order valence-electron chi connectivity index (χ4n) is 7.00. The zero-order valence-electron chi connectivity index (χ0n) is 19.2. The highest BCUT2D eigenvalue weighted by atomic mass is 16.6. The van der Waals surface area contributed by atoms with E-state index in [1.54, 1.807) is 0 Å². The third-order valence-corrected chi connectivity index (χ3v) is 8.72. The number of Topliss-reactive ketones (excluding diaryl/α,β-unsaturated/α-hetero) is 1. The average Bonchev–Trinajstić information content (AvgIpc) is 3.01. The largest absolute Gasteiger partial charge is 0.481 e. The topological polar surface area (TPSA) is 106 Å². The SMILES string of the molecule is CC1CC(C(=O)O)(C2C(N(C)C)C3C=C(OC3=O)C3CCOC3CC3(C)OC23)CCC1=O. The van der Waals surface area contributed by atoms with Gasteiger partial charge < -0.3 is 24.2 Å². The summed E-state index contributed by atoms with van der Waals surface area (Å²) in [6, 6.07) is -0.415. The number of ether oxygens (including phenoxy) is 3. The van der Waals surface area contributed by atoms with E-state index in [1.807, 2.05) is 38.9 Å². The molecule has 8 nitrogen and oxygen atoms in total. The highest BCUT2D eigenvalue weighted by molar-refractivity contribution is 5.86. The zero-order valence-corrected chi connectivity index (χ0v) is 19.2. The molecule has 32 heavy (non-hydrogen) atoms. The molecular weight excluding hydrogens is 414 g/mol. The standard InChI is InChI=1S/C24H33NO7/c1-12-10-24(22(28)29,7-5-15(12)26)18-19(25(3)4)14-9-16(31-21(14)27)13-6-8-30-17(13)11-23(2)20(18)32-23/h9,12-14,17-20H,5-8,10-11H2,1-4H3,(H,28,29). The van der Waals surface area contributed by atoms with Crippen LogP contribution in [-0.4, -0.2) is 72.3 Å². The van der Waals surface area contributed by atoms with Gasteiger partial charge in [-0.25, -0.2) is 0 Å². The summed E-state index contributed by atoms with van der Waals surface area (Å²) in [5.41, 5.74) is -1.68. The average molecular weight is 448 g/mol. The molecular formula is C24H33NO7. The van der Waals surface area contributed by atoms with Crippen LogP contribution in [0.25, 0.3) is 0 Å². The molecule has 5 aliphatic rings. The van der Waals surface area contributed by atoms with E-state index in [0.29, 0.717) is 18.8 Å². The molecule has 9 unspecified atom stereocenters. The van der Waals surface area contributed by atoms with E-state index in [0.717, 1.165) is 6.42 Å². The first-order valence-electron chi connectivity index (χ1n) is 11.7. The summed E-state index contributed by atoms with van der Waals surface area (Å²) in [7, 11) is 3.77. The Labute approximate surface area is 188 Å². The normalized spacial score (nSPS) is 48.0. The molecule has 0 aromatic carbocycles. The minimum absolute atomic E-state index is 0.0192. The number of carbonyl (C=O) groups is 3. The number of epoxide rings is 1. The smallest absolute Gasteiger partial charge is 0.319 e. The molecule has 8 heteroatoms. The van der Waals surface area contributed by atoms with E-state index in [9.17, 15) is 19.5 Å². The first kappa shape index (κ1) is 22.0. The molecule has 0 radical (unpaired) electrons. The van der Waals surface area contributed by atoms with Crippen LogP contribution in [0.1, 0.15) is 46.0 Å². The fourth-order valence-corrected chi connectivity index (χ4v) is 7.00. The monoisotopic (exact) mass is 447 g/mol. The Balaban J connectivity index is 1.65. The van der Waals surface area contributed by atoms with Gasteiger partial charge in [0.05, 0.1) is 29.1 Å². The number of nitrogens with zero attached hydrogens (tertiary/aromatic N) is 1. The second-order valence-electron chi connectivity index (χ2n) is 10.9. The van der Waals surface area contributed by atoms with Crippen molar-refractivity contribution in [1.29, 1.82) is 0 Å². The van der Waals surface area contributed by atoms with Crippen molar-refractivity contribution in [2.75, 3.05) is 20.7 Å². The van der Waals surface area contributed by atoms with E-state index in [-0.39, 0.29) is 55.1 Å². The molecule has 1 saturated carbocycles. The van der Waals surface area contributed by atoms with Crippen molar-refractivity contribution in [3.8, 4) is 0 Å². The summed E-state index contributed by atoms with van der Waals surface area (Å²) in [4.78, 5) is 40.4. The van der Waals surface area contributed by atoms with E-state index in [2.05, 4.69) is 0 Å². The van der Waals surface area contributed by atoms with Gasteiger partial charge in [0.25, 0.3) is 0 Å². The Bertz CT molecular complexity index is 884. The third-order valence-electron chi connectivity index (χ3n) is 8.72. The number of esters is 1. The molecule has 0 spiro atoms. The van der Waals surface area contributed by atoms with E-state index in [1.165, 1.54) is 0 Å². The summed E-state index contributed by atoms with van der Waals surface area (Å²) >= 11 is 0. The number of carboxylic acid groups (broad SMARTS) is 1. The van der Waals surface area contributed by atoms with Gasteiger partial charge in [0, 0.05) is 43.2 Å². The predicted molar refractivity (Wildman–Crippen MR) is 112 cm³/mol. The van der Waals surface area contributed by atoms with Crippen molar-refractivity contribution < 1.29 is 33.7 Å². The molecule has 2 bridgehead atoms. The molecule has 5 rings (SSSR count). The first-order valence-corrected chi connectivity index (χ1v) is 11.7. The minimum Gasteiger partial charge on any atom is -0.481 e. The van der Waals surface area contributed by atoms with Gasteiger partial charge in [-0.05, 0) is 46.4 Å². The van der Waals surface area contributed by atoms with Gasteiger partial charge in [-0.3, -0.25) is 14.4 Å². The Morgan fingerprint density at radius 3 is 2.66 bits per heavy atom. The number of carboxylic acids is 1. The lowest BCUT2D eigenvalue weighted by Crippen LogP contribution is -2.57. The minimum atomic E-state index is -1.16. The number of fused-ring (bicyclic) bond motifs is 4. The second-order valence-corrected chi connectivity index (χ2v) is 10.9. The van der Waals surface area contributed by atoms with Gasteiger partial charge in [-0.2, -0.15) is 0 Å². The van der Waals surface area contributed by atoms with Crippen LogP contribution in [0.3, 0.4) is 0 Å². The molecule has 0 amide bonds. The van der Waals surface area contributed by atoms with Crippen LogP contribution in [0.5, 0.6) is 0 Å². The summed E-state index contributed by atoms with van der Waals surface area (Å²) in [6.45, 7) is 4.45. The Morgan fingerprint density at radius 1 is 1.25 bits per heavy atom. The number of hydrogen-bond acceptors (Lipinski definition) is 7. The van der Waals surface area contributed by atoms with Crippen LogP contribution in [0, 0.1) is 29.1 Å². The van der Waals surface area contributed by atoms with Crippen molar-refractivity contribution >= 4 is 17.7 Å². The third kappa shape index (κ3) is 3.17. The van der Waals surface area contributed by atoms with Crippen molar-refractivity contribution in [3.05, 3.63) is 11.8 Å². The number of aliphatic carboxylic acids is 1. The molecule has 2 aliphatic carbocycles. The van der Waals surface area contributed by atoms with Crippen molar-refractivity contribution in [2.24, 2.45) is 29.1 Å². The van der Waals surface area contributed by atoms with E-state index in [4.69, 9.17) is 14.2 Å². The molecule has 3 aliphatic heterocycles. The van der Waals surface area contributed by atoms with Crippen molar-refractivity contribution in [1.82, 2.24) is 4.90 Å². The number of ketones is 1. The number of carbonyl (C=O) groups excluding carboxylic acids is 2. The maximum absolute atomic E-state index is 13.1. The Kier molecular flexibility index (Phi) is 5.08. The first-order chi connectivity index (χ1) is 15.1. The molecule has 3 heterocycles. The molecule has 2 saturated heterocycles. The van der Waals surface area contributed by atoms with Gasteiger partial charge in [0.15, 0.2) is 0 Å². The molecule has 0 aromatic rings. The van der Waals surface area contributed by atoms with Crippen LogP contribution in [0.2, 0.25) is 0 Å². The molecule has 176 valence electrons. The fraction of sp³-hybridized carbons (Fsp3) is 0.792. The number of rotatable bonds is 3. The zero-order chi connectivity index (χ0) is 23.0. The summed E-state index contributed by atoms with van der Waals surface area (Å²) in [6.07, 6.45) is 3.63. The van der Waals surface area contributed by atoms with Crippen molar-refractivity contribution in [3.63, 3.8) is 0 Å². The van der Waals surface area contributed by atoms with Crippen LogP contribution in [-0.2, 0) is 28.6 Å². The highest BCUT2D eigenvalue weighted by Crippen LogP contribution is 2.59. The lowest BCUT2D eigenvalue weighted by Gasteiger charge is -2.47. The molecule has 9 atom stereocenters. The van der Waals surface area contributed by atoms with Crippen molar-refractivity contribution in [2.45, 2.75) is 69.8 Å². The summed E-state index contributed by atoms with van der Waals surface area (Å²) < 4.78 is 18.1. The number of hydrogen-bond donors (Lipinski definition) is 1. The van der Waals surface area contributed by atoms with E-state index >= 15 is 0 Å². The molecule has 1 N–H and O–H groups in total. The summed E-state index contributed by atoms with van der Waals surface area (Å²) in [5, 5.41) is 10.6. The van der Waals surface area contributed by atoms with Gasteiger partial charge in [0.1, 0.15) is 11.5 Å². The maximum Gasteiger partial charge on any atom is 0.319 e. The lowest BCUT2D eigenvalue weighted by molar-refractivity contribution is -0.164. The maximum atomic E-state index is 13.1. The Hall–Kier alpha value is -1.77. The van der Waals surface area contributed by atoms with Gasteiger partial charge >= 0.3 is 11.9 Å². The second kappa shape index (κ2) is 7.37. The summed E-state index contributed by atoms with van der Waals surface area (Å²) in [5.74, 6) is -1.85. The van der Waals surface area contributed by atoms with Crippen LogP contribution < -0.4 is 0 Å². The Morgan fingerprint density at radius 2 is 2.00 bits per heavy atom. The van der Waals surface area contributed by atoms with E-state index < -0.39 is 34.9 Å².